The largest absolute Gasteiger partial charge is 0.337 e. The van der Waals surface area contributed by atoms with Gasteiger partial charge in [-0.2, -0.15) is 0 Å². The van der Waals surface area contributed by atoms with E-state index in [1.807, 2.05) is 0 Å². The molecule has 0 atom stereocenters. The number of benzene rings is 1. The molecule has 0 saturated heterocycles. The first-order valence-corrected chi connectivity index (χ1v) is 5.43. The van der Waals surface area contributed by atoms with Crippen LogP contribution >= 0.6 is 15.9 Å². The lowest BCUT2D eigenvalue weighted by Gasteiger charge is -2.08. The van der Waals surface area contributed by atoms with E-state index in [9.17, 15) is 18.0 Å². The van der Waals surface area contributed by atoms with E-state index in [0.29, 0.717) is 6.07 Å². The van der Waals surface area contributed by atoms with Gasteiger partial charge in [0, 0.05) is 12.1 Å². The molecule has 0 fully saturated rings. The summed E-state index contributed by atoms with van der Waals surface area (Å²) >= 11 is 2.92. The molecule has 1 heterocycles. The van der Waals surface area contributed by atoms with E-state index in [1.54, 1.807) is 0 Å². The third kappa shape index (κ3) is 2.37. The summed E-state index contributed by atoms with van der Waals surface area (Å²) in [5.41, 5.74) is -0.962. The Kier molecular flexibility index (Phi) is 3.37. The third-order valence-electron chi connectivity index (χ3n) is 2.04. The van der Waals surface area contributed by atoms with Gasteiger partial charge in [0.1, 0.15) is 10.3 Å². The van der Waals surface area contributed by atoms with Crippen molar-refractivity contribution in [3.05, 3.63) is 50.7 Å². The molecule has 0 radical (unpaired) electrons. The molecule has 0 unspecified atom stereocenters. The first-order valence-electron chi connectivity index (χ1n) is 4.64. The number of aromatic nitrogens is 2. The van der Waals surface area contributed by atoms with E-state index in [4.69, 9.17) is 0 Å². The molecule has 0 bridgehead atoms. The fourth-order valence-electron chi connectivity index (χ4n) is 1.24. The zero-order chi connectivity index (χ0) is 13.3. The van der Waals surface area contributed by atoms with Crippen LogP contribution in [-0.2, 0) is 0 Å². The Bertz CT molecular complexity index is 659. The highest BCUT2D eigenvalue weighted by Gasteiger charge is 2.13. The van der Waals surface area contributed by atoms with Gasteiger partial charge in [-0.1, -0.05) is 0 Å². The molecule has 1 aromatic carbocycles. The van der Waals surface area contributed by atoms with Crippen LogP contribution in [0.5, 0.6) is 0 Å². The molecule has 0 spiro atoms. The quantitative estimate of drug-likeness (QED) is 0.837. The second kappa shape index (κ2) is 4.81. The number of H-pyrrole nitrogens is 1. The summed E-state index contributed by atoms with van der Waals surface area (Å²) in [4.78, 5) is 17.2. The molecule has 2 aromatic rings. The first-order chi connectivity index (χ1) is 8.49. The normalized spacial score (nSPS) is 10.4. The van der Waals surface area contributed by atoms with Crippen LogP contribution in [0.2, 0.25) is 0 Å². The Balaban J connectivity index is 2.46. The minimum absolute atomic E-state index is 0.00549. The topological polar surface area (TPSA) is 57.8 Å². The monoisotopic (exact) mass is 319 g/mol. The second-order valence-electron chi connectivity index (χ2n) is 3.27. The third-order valence-corrected chi connectivity index (χ3v) is 2.78. The molecule has 0 aliphatic rings. The predicted octanol–water partition coefficient (Wildman–Crippen LogP) is 2.69. The zero-order valence-electron chi connectivity index (χ0n) is 8.60. The van der Waals surface area contributed by atoms with E-state index in [1.165, 1.54) is 0 Å². The van der Waals surface area contributed by atoms with E-state index < -0.39 is 28.7 Å². The van der Waals surface area contributed by atoms with Gasteiger partial charge in [-0.15, -0.1) is 0 Å². The summed E-state index contributed by atoms with van der Waals surface area (Å²) < 4.78 is 39.3. The maximum absolute atomic E-state index is 13.4. The number of nitrogens with one attached hydrogen (secondary N) is 2. The van der Waals surface area contributed by atoms with Crippen LogP contribution in [0, 0.1) is 17.5 Å². The van der Waals surface area contributed by atoms with Gasteiger partial charge in [-0.25, -0.2) is 18.2 Å². The highest BCUT2D eigenvalue weighted by Crippen LogP contribution is 2.24. The number of rotatable bonds is 2. The van der Waals surface area contributed by atoms with Crippen LogP contribution in [0.1, 0.15) is 0 Å². The van der Waals surface area contributed by atoms with Crippen molar-refractivity contribution < 1.29 is 13.2 Å². The molecule has 8 heteroatoms. The summed E-state index contributed by atoms with van der Waals surface area (Å²) in [7, 11) is 0. The Labute approximate surface area is 107 Å². The van der Waals surface area contributed by atoms with Crippen molar-refractivity contribution in [3.63, 3.8) is 0 Å². The maximum atomic E-state index is 13.4. The molecule has 2 N–H and O–H groups in total. The van der Waals surface area contributed by atoms with Gasteiger partial charge >= 0.3 is 0 Å². The number of anilines is 2. The molecule has 4 nitrogen and oxygen atoms in total. The first kappa shape index (κ1) is 12.6. The number of halogens is 4. The van der Waals surface area contributed by atoms with E-state index >= 15 is 0 Å². The minimum Gasteiger partial charge on any atom is -0.337 e. The summed E-state index contributed by atoms with van der Waals surface area (Å²) in [5, 5.41) is 2.33. The van der Waals surface area contributed by atoms with Crippen LogP contribution in [0.3, 0.4) is 0 Å². The summed E-state index contributed by atoms with van der Waals surface area (Å²) in [6, 6.07) is 1.18. The molecule has 0 amide bonds. The molecule has 18 heavy (non-hydrogen) atoms. The summed E-state index contributed by atoms with van der Waals surface area (Å²) in [5.74, 6) is -3.59. The van der Waals surface area contributed by atoms with Gasteiger partial charge < -0.3 is 10.3 Å². The fraction of sp³-hybridized carbons (Fsp3) is 0. The van der Waals surface area contributed by atoms with Crippen molar-refractivity contribution in [1.29, 1.82) is 0 Å². The molecule has 0 aliphatic carbocycles. The van der Waals surface area contributed by atoms with Crippen LogP contribution in [0.15, 0.2) is 27.7 Å². The average molecular weight is 320 g/mol. The molecule has 94 valence electrons. The molecule has 0 saturated carbocycles. The molecular formula is C10H5BrF3N3O. The Hall–Kier alpha value is -1.83. The van der Waals surface area contributed by atoms with Crippen molar-refractivity contribution >= 4 is 27.4 Å². The number of hydrogen-bond donors (Lipinski definition) is 2. The number of hydrogen-bond acceptors (Lipinski definition) is 3. The minimum atomic E-state index is -1.33. The summed E-state index contributed by atoms with van der Waals surface area (Å²) in [6.45, 7) is 0. The van der Waals surface area contributed by atoms with Crippen molar-refractivity contribution in [2.45, 2.75) is 0 Å². The highest BCUT2D eigenvalue weighted by molar-refractivity contribution is 9.10. The van der Waals surface area contributed by atoms with Crippen LogP contribution in [0.4, 0.5) is 24.7 Å². The standard InChI is InChI=1S/C10H5BrF3N3O/c11-7-9(15-3-16-10(7)18)17-6-2-4(12)1-5(13)8(6)14/h1-3H,(H2,15,16,17,18). The Morgan fingerprint density at radius 2 is 2.00 bits per heavy atom. The smallest absolute Gasteiger partial charge is 0.267 e. The molecular weight excluding hydrogens is 315 g/mol. The zero-order valence-corrected chi connectivity index (χ0v) is 10.2. The predicted molar refractivity (Wildman–Crippen MR) is 62.2 cm³/mol. The van der Waals surface area contributed by atoms with Crippen LogP contribution < -0.4 is 10.9 Å². The van der Waals surface area contributed by atoms with Gasteiger partial charge in [0.25, 0.3) is 5.56 Å². The molecule has 1 aromatic heterocycles. The van der Waals surface area contributed by atoms with Crippen molar-refractivity contribution in [1.82, 2.24) is 9.97 Å². The van der Waals surface area contributed by atoms with E-state index in [0.717, 1.165) is 12.4 Å². The summed E-state index contributed by atoms with van der Waals surface area (Å²) in [6.07, 6.45) is 1.07. The van der Waals surface area contributed by atoms with Gasteiger partial charge in [0.15, 0.2) is 17.5 Å². The van der Waals surface area contributed by atoms with Crippen LogP contribution in [-0.4, -0.2) is 9.97 Å². The van der Waals surface area contributed by atoms with Crippen molar-refractivity contribution in [2.24, 2.45) is 0 Å². The number of nitrogens with zero attached hydrogens (tertiary/aromatic N) is 1. The number of aromatic amines is 1. The van der Waals surface area contributed by atoms with E-state index in [2.05, 4.69) is 31.2 Å². The van der Waals surface area contributed by atoms with Gasteiger partial charge in [0.05, 0.1) is 12.0 Å². The van der Waals surface area contributed by atoms with E-state index in [-0.39, 0.29) is 10.3 Å². The second-order valence-corrected chi connectivity index (χ2v) is 4.06. The maximum Gasteiger partial charge on any atom is 0.267 e. The fourth-order valence-corrected chi connectivity index (χ4v) is 1.56. The van der Waals surface area contributed by atoms with Gasteiger partial charge in [-0.05, 0) is 15.9 Å². The van der Waals surface area contributed by atoms with Crippen molar-refractivity contribution in [3.8, 4) is 0 Å². The highest BCUT2D eigenvalue weighted by atomic mass is 79.9. The lowest BCUT2D eigenvalue weighted by atomic mass is 10.3. The van der Waals surface area contributed by atoms with Crippen LogP contribution in [0.25, 0.3) is 0 Å². The van der Waals surface area contributed by atoms with Crippen molar-refractivity contribution in [2.75, 3.05) is 5.32 Å². The lowest BCUT2D eigenvalue weighted by Crippen LogP contribution is -2.10. The molecule has 0 aliphatic heterocycles. The lowest BCUT2D eigenvalue weighted by molar-refractivity contribution is 0.498. The van der Waals surface area contributed by atoms with Gasteiger partial charge in [-0.3, -0.25) is 4.79 Å². The molecule has 2 rings (SSSR count). The SMILES string of the molecule is O=c1[nH]cnc(Nc2cc(F)cc(F)c2F)c1Br. The average Bonchev–Trinajstić information content (AvgIpc) is 2.31. The Morgan fingerprint density at radius 1 is 1.28 bits per heavy atom. The van der Waals surface area contributed by atoms with Gasteiger partial charge in [0.2, 0.25) is 0 Å². The Morgan fingerprint density at radius 3 is 2.72 bits per heavy atom.